The number of nitrogens with zero attached hydrogens (tertiary/aromatic N) is 3. The Morgan fingerprint density at radius 1 is 1.07 bits per heavy atom. The summed E-state index contributed by atoms with van der Waals surface area (Å²) in [5.41, 5.74) is 0.604. The van der Waals surface area contributed by atoms with Crippen LogP contribution in [-0.4, -0.2) is 30.6 Å². The Hall–Kier alpha value is -2.61. The van der Waals surface area contributed by atoms with Crippen LogP contribution in [0.15, 0.2) is 45.1 Å². The highest BCUT2D eigenvalue weighted by atomic mass is 32.2. The molecular weight excluding hydrogens is 364 g/mol. The number of carbonyl (C=O) groups is 1. The van der Waals surface area contributed by atoms with Gasteiger partial charge in [-0.15, -0.1) is 0 Å². The summed E-state index contributed by atoms with van der Waals surface area (Å²) in [6.45, 7) is 4.74. The molecule has 7 nitrogen and oxygen atoms in total. The van der Waals surface area contributed by atoms with E-state index < -0.39 is 0 Å². The highest BCUT2D eigenvalue weighted by molar-refractivity contribution is 7.99. The maximum Gasteiger partial charge on any atom is 0.332 e. The fraction of sp³-hybridized carbons (Fsp3) is 0.368. The lowest BCUT2D eigenvalue weighted by atomic mass is 10.2. The number of imidazole rings is 1. The molecule has 0 saturated carbocycles. The third-order valence-electron chi connectivity index (χ3n) is 4.17. The first-order chi connectivity index (χ1) is 13.1. The Bertz CT molecular complexity index is 1070. The molecule has 3 rings (SSSR count). The number of aromatic amines is 1. The van der Waals surface area contributed by atoms with Crippen molar-refractivity contribution in [2.24, 2.45) is 0 Å². The van der Waals surface area contributed by atoms with Crippen LogP contribution in [0.3, 0.4) is 0 Å². The Morgan fingerprint density at radius 3 is 2.41 bits per heavy atom. The number of hydrogen-bond donors (Lipinski definition) is 1. The number of carbonyl (C=O) groups excluding carboxylic acids is 1. The molecule has 0 spiro atoms. The Morgan fingerprint density at radius 2 is 1.74 bits per heavy atom. The van der Waals surface area contributed by atoms with Crippen molar-refractivity contribution in [1.29, 1.82) is 0 Å². The molecule has 142 valence electrons. The first kappa shape index (κ1) is 19.2. The van der Waals surface area contributed by atoms with Crippen LogP contribution in [0.1, 0.15) is 37.0 Å². The summed E-state index contributed by atoms with van der Waals surface area (Å²) in [5, 5.41) is 0.463. The van der Waals surface area contributed by atoms with Crippen LogP contribution in [-0.2, 0) is 13.1 Å². The predicted molar refractivity (Wildman–Crippen MR) is 107 cm³/mol. The minimum absolute atomic E-state index is 0.0181. The monoisotopic (exact) mass is 386 g/mol. The number of aromatic nitrogens is 4. The summed E-state index contributed by atoms with van der Waals surface area (Å²) >= 11 is 1.23. The van der Waals surface area contributed by atoms with E-state index in [1.807, 2.05) is 32.0 Å². The smallest absolute Gasteiger partial charge is 0.327 e. The van der Waals surface area contributed by atoms with Gasteiger partial charge in [-0.2, -0.15) is 0 Å². The molecule has 0 saturated heterocycles. The van der Waals surface area contributed by atoms with Crippen molar-refractivity contribution in [3.63, 3.8) is 0 Å². The maximum atomic E-state index is 12.7. The Labute approximate surface area is 160 Å². The molecule has 0 aliphatic carbocycles. The van der Waals surface area contributed by atoms with Crippen molar-refractivity contribution >= 4 is 28.7 Å². The van der Waals surface area contributed by atoms with Gasteiger partial charge in [-0.25, -0.2) is 9.78 Å². The molecule has 3 aromatic rings. The van der Waals surface area contributed by atoms with Crippen LogP contribution in [0.25, 0.3) is 11.2 Å². The highest BCUT2D eigenvalue weighted by Gasteiger charge is 2.17. The summed E-state index contributed by atoms with van der Waals surface area (Å²) in [5.74, 6) is 0.181. The fourth-order valence-corrected chi connectivity index (χ4v) is 3.66. The number of H-pyrrole nitrogens is 1. The van der Waals surface area contributed by atoms with Gasteiger partial charge in [-0.05, 0) is 12.8 Å². The topological polar surface area (TPSA) is 89.8 Å². The SMILES string of the molecule is CCCn1c(=O)c2[nH]c(SCC(=O)c3ccccc3)nc2n(CCC)c1=O. The van der Waals surface area contributed by atoms with E-state index in [9.17, 15) is 14.4 Å². The predicted octanol–water partition coefficient (Wildman–Crippen LogP) is 2.68. The van der Waals surface area contributed by atoms with Gasteiger partial charge >= 0.3 is 5.69 Å². The third-order valence-corrected chi connectivity index (χ3v) is 5.04. The third kappa shape index (κ3) is 3.90. The second-order valence-corrected chi connectivity index (χ2v) is 7.17. The highest BCUT2D eigenvalue weighted by Crippen LogP contribution is 2.18. The van der Waals surface area contributed by atoms with Crippen LogP contribution >= 0.6 is 11.8 Å². The zero-order valence-electron chi connectivity index (χ0n) is 15.4. The molecule has 0 atom stereocenters. The first-order valence-electron chi connectivity index (χ1n) is 9.01. The van der Waals surface area contributed by atoms with Crippen LogP contribution in [0.2, 0.25) is 0 Å². The molecular formula is C19H22N4O3S. The van der Waals surface area contributed by atoms with E-state index >= 15 is 0 Å². The number of fused-ring (bicyclic) bond motifs is 1. The van der Waals surface area contributed by atoms with Crippen LogP contribution < -0.4 is 11.2 Å². The van der Waals surface area contributed by atoms with Gasteiger partial charge in [0.25, 0.3) is 5.56 Å². The molecule has 1 N–H and O–H groups in total. The molecule has 2 heterocycles. The summed E-state index contributed by atoms with van der Waals surface area (Å²) in [4.78, 5) is 45.0. The summed E-state index contributed by atoms with van der Waals surface area (Å²) in [7, 11) is 0. The molecule has 2 aromatic heterocycles. The molecule has 27 heavy (non-hydrogen) atoms. The quantitative estimate of drug-likeness (QED) is 0.475. The van der Waals surface area contributed by atoms with Crippen molar-refractivity contribution in [2.45, 2.75) is 44.9 Å². The van der Waals surface area contributed by atoms with Crippen molar-refractivity contribution in [2.75, 3.05) is 5.75 Å². The second kappa shape index (κ2) is 8.39. The van der Waals surface area contributed by atoms with E-state index in [0.29, 0.717) is 41.4 Å². The van der Waals surface area contributed by atoms with Crippen molar-refractivity contribution < 1.29 is 4.79 Å². The molecule has 8 heteroatoms. The van der Waals surface area contributed by atoms with Gasteiger partial charge in [0.05, 0.1) is 5.75 Å². The molecule has 0 unspecified atom stereocenters. The second-order valence-electron chi connectivity index (χ2n) is 6.21. The van der Waals surface area contributed by atoms with Gasteiger partial charge in [0, 0.05) is 18.7 Å². The van der Waals surface area contributed by atoms with Gasteiger partial charge in [0.1, 0.15) is 0 Å². The van der Waals surface area contributed by atoms with E-state index in [2.05, 4.69) is 9.97 Å². The van der Waals surface area contributed by atoms with Crippen LogP contribution in [0.4, 0.5) is 0 Å². The van der Waals surface area contributed by atoms with Gasteiger partial charge < -0.3 is 4.98 Å². The van der Waals surface area contributed by atoms with E-state index in [0.717, 1.165) is 6.42 Å². The van der Waals surface area contributed by atoms with Gasteiger partial charge in [-0.3, -0.25) is 18.7 Å². The lowest BCUT2D eigenvalue weighted by molar-refractivity contribution is 0.102. The Balaban J connectivity index is 1.95. The first-order valence-corrected chi connectivity index (χ1v) is 9.99. The standard InChI is InChI=1S/C19H22N4O3S/c1-3-10-22-16-15(17(25)23(11-4-2)19(22)26)20-18(21-16)27-12-14(24)13-8-6-5-7-9-13/h5-9H,3-4,10-12H2,1-2H3,(H,20,21). The van der Waals surface area contributed by atoms with E-state index in [1.165, 1.54) is 20.9 Å². The minimum Gasteiger partial charge on any atom is -0.327 e. The van der Waals surface area contributed by atoms with Crippen LogP contribution in [0, 0.1) is 0 Å². The molecule has 0 bridgehead atoms. The van der Waals surface area contributed by atoms with E-state index in [1.54, 1.807) is 12.1 Å². The van der Waals surface area contributed by atoms with Crippen molar-refractivity contribution in [3.05, 3.63) is 56.7 Å². The number of aryl methyl sites for hydroxylation is 1. The largest absolute Gasteiger partial charge is 0.332 e. The molecule has 0 amide bonds. The number of thioether (sulfide) groups is 1. The zero-order chi connectivity index (χ0) is 19.4. The van der Waals surface area contributed by atoms with Crippen LogP contribution in [0.5, 0.6) is 0 Å². The zero-order valence-corrected chi connectivity index (χ0v) is 16.2. The van der Waals surface area contributed by atoms with Crippen molar-refractivity contribution in [3.8, 4) is 0 Å². The lowest BCUT2D eigenvalue weighted by Crippen LogP contribution is -2.40. The molecule has 0 fully saturated rings. The van der Waals surface area contributed by atoms with Gasteiger partial charge in [0.15, 0.2) is 22.1 Å². The lowest BCUT2D eigenvalue weighted by Gasteiger charge is -2.09. The average Bonchev–Trinajstić information content (AvgIpc) is 3.11. The number of hydrogen-bond acceptors (Lipinski definition) is 5. The maximum absolute atomic E-state index is 12.7. The molecule has 0 aliphatic rings. The molecule has 1 aromatic carbocycles. The Kier molecular flexibility index (Phi) is 5.95. The summed E-state index contributed by atoms with van der Waals surface area (Å²) in [6, 6.07) is 9.03. The van der Waals surface area contributed by atoms with Gasteiger partial charge in [-0.1, -0.05) is 55.9 Å². The number of ketones is 1. The van der Waals surface area contributed by atoms with E-state index in [-0.39, 0.29) is 22.8 Å². The minimum atomic E-state index is -0.363. The number of Topliss-reactive ketones (excluding diaryl/α,β-unsaturated/α-hetero) is 1. The van der Waals surface area contributed by atoms with Crippen molar-refractivity contribution in [1.82, 2.24) is 19.1 Å². The summed E-state index contributed by atoms with van der Waals surface area (Å²) in [6.07, 6.45) is 1.44. The summed E-state index contributed by atoms with van der Waals surface area (Å²) < 4.78 is 2.78. The molecule has 0 aliphatic heterocycles. The number of nitrogens with one attached hydrogen (secondary N) is 1. The number of benzene rings is 1. The fourth-order valence-electron chi connectivity index (χ4n) is 2.90. The number of rotatable bonds is 8. The average molecular weight is 386 g/mol. The normalized spacial score (nSPS) is 11.2. The molecule has 0 radical (unpaired) electrons. The van der Waals surface area contributed by atoms with E-state index in [4.69, 9.17) is 0 Å². The van der Waals surface area contributed by atoms with Gasteiger partial charge in [0.2, 0.25) is 0 Å².